The van der Waals surface area contributed by atoms with Crippen LogP contribution in [0, 0.1) is 0 Å². The van der Waals surface area contributed by atoms with E-state index >= 15 is 0 Å². The van der Waals surface area contributed by atoms with Crippen molar-refractivity contribution in [1.29, 1.82) is 0 Å². The maximum absolute atomic E-state index is 12.2. The Labute approximate surface area is 121 Å². The van der Waals surface area contributed by atoms with Crippen molar-refractivity contribution in [3.8, 4) is 5.88 Å². The maximum atomic E-state index is 12.2. The Morgan fingerprint density at radius 1 is 1.29 bits per heavy atom. The molecular weight excluding hydrogens is 272 g/mol. The summed E-state index contributed by atoms with van der Waals surface area (Å²) in [5.41, 5.74) is 1.44. The number of carboxylic acids is 1. The summed E-state index contributed by atoms with van der Waals surface area (Å²) in [7, 11) is 1.44. The number of nitrogens with one attached hydrogen (secondary N) is 1. The van der Waals surface area contributed by atoms with Crippen LogP contribution < -0.4 is 10.1 Å². The zero-order valence-corrected chi connectivity index (χ0v) is 11.4. The van der Waals surface area contributed by atoms with Crippen LogP contribution >= 0.6 is 0 Å². The van der Waals surface area contributed by atoms with E-state index in [1.54, 1.807) is 36.4 Å². The number of nitrogens with zero attached hydrogens (tertiary/aromatic N) is 1. The molecule has 6 nitrogen and oxygen atoms in total. The molecule has 0 unspecified atom stereocenters. The average molecular weight is 286 g/mol. The van der Waals surface area contributed by atoms with Crippen molar-refractivity contribution in [2.75, 3.05) is 12.4 Å². The van der Waals surface area contributed by atoms with Gasteiger partial charge in [-0.05, 0) is 29.8 Å². The van der Waals surface area contributed by atoms with Crippen molar-refractivity contribution >= 4 is 17.6 Å². The van der Waals surface area contributed by atoms with Crippen LogP contribution in [0.25, 0.3) is 0 Å². The normalized spacial score (nSPS) is 9.95. The van der Waals surface area contributed by atoms with Crippen molar-refractivity contribution in [2.24, 2.45) is 0 Å². The molecule has 2 aromatic rings. The highest BCUT2D eigenvalue weighted by Crippen LogP contribution is 2.17. The number of amides is 1. The second-order valence-corrected chi connectivity index (χ2v) is 4.29. The van der Waals surface area contributed by atoms with Gasteiger partial charge >= 0.3 is 5.97 Å². The molecule has 0 radical (unpaired) electrons. The highest BCUT2D eigenvalue weighted by Gasteiger charge is 2.13. The van der Waals surface area contributed by atoms with E-state index in [9.17, 15) is 9.59 Å². The molecule has 0 aliphatic carbocycles. The number of anilines is 1. The average Bonchev–Trinajstić information content (AvgIpc) is 2.46. The summed E-state index contributed by atoms with van der Waals surface area (Å²) >= 11 is 0. The number of carbonyl (C=O) groups excluding carboxylic acids is 1. The van der Waals surface area contributed by atoms with E-state index in [1.165, 1.54) is 13.3 Å². The maximum Gasteiger partial charge on any atom is 0.307 e. The minimum absolute atomic E-state index is 0.0973. The van der Waals surface area contributed by atoms with Gasteiger partial charge in [0, 0.05) is 11.9 Å². The topological polar surface area (TPSA) is 88.5 Å². The summed E-state index contributed by atoms with van der Waals surface area (Å²) in [6, 6.07) is 9.92. The van der Waals surface area contributed by atoms with Crippen molar-refractivity contribution in [3.05, 3.63) is 53.7 Å². The molecule has 2 N–H and O–H groups in total. The first-order valence-corrected chi connectivity index (χ1v) is 6.21. The summed E-state index contributed by atoms with van der Waals surface area (Å²) in [6.07, 6.45) is 1.43. The predicted molar refractivity (Wildman–Crippen MR) is 76.5 cm³/mol. The van der Waals surface area contributed by atoms with Gasteiger partial charge in [0.25, 0.3) is 5.91 Å². The molecule has 0 saturated carbocycles. The molecule has 1 aromatic carbocycles. The number of hydrogen-bond acceptors (Lipinski definition) is 4. The molecule has 2 rings (SSSR count). The van der Waals surface area contributed by atoms with Gasteiger partial charge in [0.15, 0.2) is 0 Å². The third-order valence-corrected chi connectivity index (χ3v) is 2.75. The molecule has 21 heavy (non-hydrogen) atoms. The first kappa shape index (κ1) is 14.5. The molecule has 0 spiro atoms. The van der Waals surface area contributed by atoms with Crippen LogP contribution in [0.4, 0.5) is 5.69 Å². The molecule has 0 saturated heterocycles. The highest BCUT2D eigenvalue weighted by atomic mass is 16.5. The van der Waals surface area contributed by atoms with E-state index in [1.807, 2.05) is 0 Å². The SMILES string of the molecule is COc1ncccc1C(=O)Nc1cccc(CC(=O)O)c1. The lowest BCUT2D eigenvalue weighted by atomic mass is 10.1. The van der Waals surface area contributed by atoms with Gasteiger partial charge in [-0.3, -0.25) is 9.59 Å². The molecule has 6 heteroatoms. The van der Waals surface area contributed by atoms with Crippen LogP contribution in [-0.2, 0) is 11.2 Å². The largest absolute Gasteiger partial charge is 0.481 e. The van der Waals surface area contributed by atoms with Gasteiger partial charge in [0.05, 0.1) is 13.5 Å². The van der Waals surface area contributed by atoms with Crippen molar-refractivity contribution in [2.45, 2.75) is 6.42 Å². The monoisotopic (exact) mass is 286 g/mol. The van der Waals surface area contributed by atoms with Crippen LogP contribution in [0.5, 0.6) is 5.88 Å². The minimum atomic E-state index is -0.924. The third kappa shape index (κ3) is 3.79. The quantitative estimate of drug-likeness (QED) is 0.877. The zero-order valence-electron chi connectivity index (χ0n) is 11.4. The number of benzene rings is 1. The van der Waals surface area contributed by atoms with E-state index in [2.05, 4.69) is 10.3 Å². The second-order valence-electron chi connectivity index (χ2n) is 4.29. The molecule has 1 amide bonds. The number of pyridine rings is 1. The number of aliphatic carboxylic acids is 1. The Bertz CT molecular complexity index is 670. The third-order valence-electron chi connectivity index (χ3n) is 2.75. The van der Waals surface area contributed by atoms with E-state index in [0.717, 1.165) is 0 Å². The van der Waals surface area contributed by atoms with Crippen LogP contribution in [0.3, 0.4) is 0 Å². The highest BCUT2D eigenvalue weighted by molar-refractivity contribution is 6.05. The fourth-order valence-corrected chi connectivity index (χ4v) is 1.86. The molecule has 0 bridgehead atoms. The number of ether oxygens (including phenoxy) is 1. The summed E-state index contributed by atoms with van der Waals surface area (Å²) < 4.78 is 5.03. The fraction of sp³-hybridized carbons (Fsp3) is 0.133. The second kappa shape index (κ2) is 6.51. The number of carboxylic acid groups (broad SMARTS) is 1. The molecule has 108 valence electrons. The van der Waals surface area contributed by atoms with E-state index in [4.69, 9.17) is 9.84 Å². The molecule has 1 heterocycles. The molecule has 0 aliphatic heterocycles. The first-order valence-electron chi connectivity index (χ1n) is 6.21. The molecule has 1 aromatic heterocycles. The van der Waals surface area contributed by atoms with Gasteiger partial charge in [-0.25, -0.2) is 4.98 Å². The molecule has 0 atom stereocenters. The van der Waals surface area contributed by atoms with Crippen LogP contribution in [-0.4, -0.2) is 29.1 Å². The zero-order chi connectivity index (χ0) is 15.2. The first-order chi connectivity index (χ1) is 10.1. The van der Waals surface area contributed by atoms with Crippen molar-refractivity contribution < 1.29 is 19.4 Å². The van der Waals surface area contributed by atoms with Crippen LogP contribution in [0.1, 0.15) is 15.9 Å². The van der Waals surface area contributed by atoms with E-state index < -0.39 is 5.97 Å². The number of carbonyl (C=O) groups is 2. The van der Waals surface area contributed by atoms with Gasteiger partial charge in [-0.15, -0.1) is 0 Å². The Kier molecular flexibility index (Phi) is 4.50. The fourth-order valence-electron chi connectivity index (χ4n) is 1.86. The van der Waals surface area contributed by atoms with Gasteiger partial charge in [-0.2, -0.15) is 0 Å². The number of methoxy groups -OCH3 is 1. The Balaban J connectivity index is 2.17. The van der Waals surface area contributed by atoms with Crippen LogP contribution in [0.15, 0.2) is 42.6 Å². The molecule has 0 aliphatic rings. The van der Waals surface area contributed by atoms with Gasteiger partial charge in [0.1, 0.15) is 5.56 Å². The van der Waals surface area contributed by atoms with Gasteiger partial charge in [0.2, 0.25) is 5.88 Å². The smallest absolute Gasteiger partial charge is 0.307 e. The van der Waals surface area contributed by atoms with Crippen LogP contribution in [0.2, 0.25) is 0 Å². The Morgan fingerprint density at radius 3 is 2.81 bits per heavy atom. The van der Waals surface area contributed by atoms with E-state index in [0.29, 0.717) is 16.8 Å². The molecular formula is C15H14N2O4. The van der Waals surface area contributed by atoms with E-state index in [-0.39, 0.29) is 18.2 Å². The lowest BCUT2D eigenvalue weighted by Gasteiger charge is -2.09. The predicted octanol–water partition coefficient (Wildman–Crippen LogP) is 1.97. The number of aromatic nitrogens is 1. The minimum Gasteiger partial charge on any atom is -0.481 e. The summed E-state index contributed by atoms with van der Waals surface area (Å²) in [4.78, 5) is 26.8. The Morgan fingerprint density at radius 2 is 2.10 bits per heavy atom. The standard InChI is InChI=1S/C15H14N2O4/c1-21-15-12(6-3-7-16-15)14(20)17-11-5-2-4-10(8-11)9-13(18)19/h2-8H,9H2,1H3,(H,17,20)(H,18,19). The Hall–Kier alpha value is -2.89. The van der Waals surface area contributed by atoms with Crippen molar-refractivity contribution in [1.82, 2.24) is 4.98 Å². The number of rotatable bonds is 5. The summed E-state index contributed by atoms with van der Waals surface area (Å²) in [5, 5.41) is 11.5. The lowest BCUT2D eigenvalue weighted by molar-refractivity contribution is -0.136. The van der Waals surface area contributed by atoms with Gasteiger partial charge in [-0.1, -0.05) is 12.1 Å². The number of hydrogen-bond donors (Lipinski definition) is 2. The summed E-state index contributed by atoms with van der Waals surface area (Å²) in [5.74, 6) is -1.06. The summed E-state index contributed by atoms with van der Waals surface area (Å²) in [6.45, 7) is 0. The van der Waals surface area contributed by atoms with Crippen molar-refractivity contribution in [3.63, 3.8) is 0 Å². The molecule has 0 fully saturated rings. The lowest BCUT2D eigenvalue weighted by Crippen LogP contribution is -2.14. The van der Waals surface area contributed by atoms with Gasteiger partial charge < -0.3 is 15.2 Å².